The van der Waals surface area contributed by atoms with Crippen LogP contribution >= 0.6 is 34.4 Å². The second-order valence-corrected chi connectivity index (χ2v) is 14.2. The molecule has 1 aliphatic heterocycles. The lowest BCUT2D eigenvalue weighted by atomic mass is 10.1. The minimum Gasteiger partial charge on any atom is -0.494 e. The Morgan fingerprint density at radius 1 is 0.913 bits per heavy atom. The molecule has 0 N–H and O–H groups in total. The van der Waals surface area contributed by atoms with Crippen LogP contribution in [-0.2, 0) is 13.1 Å². The second-order valence-electron chi connectivity index (χ2n) is 11.1. The minimum absolute atomic E-state index is 0.0670. The molecule has 6 rings (SSSR count). The molecule has 3 heterocycles. The minimum atomic E-state index is 0.0670. The van der Waals surface area contributed by atoms with Gasteiger partial charge in [0.15, 0.2) is 0 Å². The first-order valence-electron chi connectivity index (χ1n) is 15.9. The summed E-state index contributed by atoms with van der Waals surface area (Å²) in [6.07, 6.45) is 4.39. The normalized spacial score (nSPS) is 14.7. The van der Waals surface area contributed by atoms with E-state index in [1.807, 2.05) is 11.5 Å². The summed E-state index contributed by atoms with van der Waals surface area (Å²) in [6.45, 7) is 15.5. The van der Waals surface area contributed by atoms with Gasteiger partial charge in [0, 0.05) is 29.6 Å². The number of anilines is 1. The van der Waals surface area contributed by atoms with Crippen LogP contribution in [0.4, 0.5) is 5.69 Å². The fraction of sp³-hybridized carbons (Fsp3) is 0.263. The van der Waals surface area contributed by atoms with E-state index in [9.17, 15) is 4.79 Å². The Bertz CT molecular complexity index is 2090. The Morgan fingerprint density at radius 3 is 2.24 bits per heavy atom. The average Bonchev–Trinajstić information content (AvgIpc) is 3.71. The van der Waals surface area contributed by atoms with Crippen LogP contribution in [0.25, 0.3) is 33.3 Å². The van der Waals surface area contributed by atoms with Crippen molar-refractivity contribution in [3.05, 3.63) is 114 Å². The van der Waals surface area contributed by atoms with E-state index in [2.05, 4.69) is 129 Å². The summed E-state index contributed by atoms with van der Waals surface area (Å²) in [5.41, 5.74) is 6.95. The van der Waals surface area contributed by atoms with E-state index in [0.717, 1.165) is 54.9 Å². The third-order valence-corrected chi connectivity index (χ3v) is 11.7. The van der Waals surface area contributed by atoms with E-state index in [-0.39, 0.29) is 5.56 Å². The van der Waals surface area contributed by atoms with E-state index in [1.165, 1.54) is 26.6 Å². The highest BCUT2D eigenvalue weighted by molar-refractivity contribution is 8.03. The monoisotopic (exact) mass is 666 g/mol. The summed E-state index contributed by atoms with van der Waals surface area (Å²) < 4.78 is 11.9. The SMILES string of the molecule is CCOc1cc2c(cc1C)SC(=CC(C)=c1sc(=Cc3sc(-c4ccccc4)c(-c4ccccc4)[n+]3CC)n(CC)c1=O)N2CC. The summed E-state index contributed by atoms with van der Waals surface area (Å²) in [6, 6.07) is 25.6. The van der Waals surface area contributed by atoms with Crippen molar-refractivity contribution in [1.82, 2.24) is 4.57 Å². The first kappa shape index (κ1) is 32.1. The molecule has 5 aromatic rings. The van der Waals surface area contributed by atoms with E-state index >= 15 is 0 Å². The molecule has 0 unspecified atom stereocenters. The van der Waals surface area contributed by atoms with Gasteiger partial charge in [-0.1, -0.05) is 71.6 Å². The summed E-state index contributed by atoms with van der Waals surface area (Å²) >= 11 is 5.13. The summed E-state index contributed by atoms with van der Waals surface area (Å²) in [5, 5.41) is 2.26. The molecule has 0 saturated carbocycles. The maximum Gasteiger partial charge on any atom is 0.269 e. The van der Waals surface area contributed by atoms with Gasteiger partial charge in [0.2, 0.25) is 5.69 Å². The van der Waals surface area contributed by atoms with E-state index in [1.54, 1.807) is 34.4 Å². The second kappa shape index (κ2) is 13.9. The molecule has 0 amide bonds. The number of aromatic nitrogens is 2. The Labute approximate surface area is 283 Å². The third kappa shape index (κ3) is 6.01. The maximum absolute atomic E-state index is 13.9. The number of fused-ring (bicyclic) bond motifs is 1. The number of thiazole rings is 2. The fourth-order valence-corrected chi connectivity index (χ4v) is 9.73. The Morgan fingerprint density at radius 2 is 1.61 bits per heavy atom. The first-order chi connectivity index (χ1) is 22.4. The molecule has 3 aromatic carbocycles. The quantitative estimate of drug-likeness (QED) is 0.151. The predicted molar refractivity (Wildman–Crippen MR) is 197 cm³/mol. The molecule has 0 atom stereocenters. The van der Waals surface area contributed by atoms with Crippen LogP contribution in [0.5, 0.6) is 5.75 Å². The standard InChI is InChI=1S/C38H40N3O2S3/c1-7-39-29-23-30(43-10-4)25(5)21-31(29)44-32(39)22-26(6)36-38(42)41(9-3)34(45-36)24-33-40(8-2)35(27-17-13-11-14-18-27)37(46-33)28-19-15-12-16-20-28/h11-24H,7-10H2,1-6H3/q+1. The molecule has 0 aliphatic carbocycles. The Hall–Kier alpha value is -3.85. The number of thioether (sulfide) groups is 1. The summed E-state index contributed by atoms with van der Waals surface area (Å²) in [4.78, 5) is 18.7. The van der Waals surface area contributed by atoms with Gasteiger partial charge in [0.25, 0.3) is 10.6 Å². The fourth-order valence-electron chi connectivity index (χ4n) is 5.94. The molecular weight excluding hydrogens is 627 g/mol. The van der Waals surface area contributed by atoms with Gasteiger partial charge < -0.3 is 9.64 Å². The van der Waals surface area contributed by atoms with Crippen molar-refractivity contribution >= 4 is 51.8 Å². The van der Waals surface area contributed by atoms with Gasteiger partial charge in [0.1, 0.15) is 21.8 Å². The number of nitrogens with zero attached hydrogens (tertiary/aromatic N) is 3. The smallest absolute Gasteiger partial charge is 0.269 e. The van der Waals surface area contributed by atoms with Gasteiger partial charge in [0.05, 0.1) is 27.9 Å². The predicted octanol–water partition coefficient (Wildman–Crippen LogP) is 7.81. The average molecular weight is 667 g/mol. The van der Waals surface area contributed by atoms with E-state index in [4.69, 9.17) is 4.74 Å². The molecule has 0 fully saturated rings. The largest absolute Gasteiger partial charge is 0.494 e. The molecule has 46 heavy (non-hydrogen) atoms. The number of hydrogen-bond donors (Lipinski definition) is 0. The number of allylic oxidation sites excluding steroid dienone is 1. The number of rotatable bonds is 9. The van der Waals surface area contributed by atoms with Crippen molar-refractivity contribution < 1.29 is 9.30 Å². The zero-order valence-electron chi connectivity index (χ0n) is 27.3. The lowest BCUT2D eigenvalue weighted by Gasteiger charge is -2.19. The number of benzene rings is 3. The highest BCUT2D eigenvalue weighted by atomic mass is 32.2. The lowest BCUT2D eigenvalue weighted by molar-refractivity contribution is -0.679. The van der Waals surface area contributed by atoms with Crippen molar-refractivity contribution in [3.8, 4) is 27.4 Å². The van der Waals surface area contributed by atoms with Gasteiger partial charge in [-0.05, 0) is 82.5 Å². The molecule has 0 bridgehead atoms. The highest BCUT2D eigenvalue weighted by Gasteiger charge is 2.28. The topological polar surface area (TPSA) is 38.4 Å². The van der Waals surface area contributed by atoms with E-state index < -0.39 is 0 Å². The third-order valence-electron chi connectivity index (χ3n) is 8.17. The molecule has 1 aliphatic rings. The molecule has 236 valence electrons. The van der Waals surface area contributed by atoms with Crippen LogP contribution in [0.1, 0.15) is 45.2 Å². The molecule has 5 nitrogen and oxygen atoms in total. The number of aryl methyl sites for hydroxylation is 1. The Kier molecular flexibility index (Phi) is 9.68. The van der Waals surface area contributed by atoms with E-state index in [0.29, 0.717) is 13.2 Å². The first-order valence-corrected chi connectivity index (χ1v) is 18.4. The van der Waals surface area contributed by atoms with Crippen molar-refractivity contribution in [2.24, 2.45) is 0 Å². The van der Waals surface area contributed by atoms with Gasteiger partial charge >= 0.3 is 0 Å². The van der Waals surface area contributed by atoms with Gasteiger partial charge in [-0.25, -0.2) is 0 Å². The van der Waals surface area contributed by atoms with Crippen molar-refractivity contribution in [3.63, 3.8) is 0 Å². The van der Waals surface area contributed by atoms with Gasteiger partial charge in [-0.2, -0.15) is 4.57 Å². The van der Waals surface area contributed by atoms with Crippen molar-refractivity contribution in [1.29, 1.82) is 0 Å². The van der Waals surface area contributed by atoms with Crippen LogP contribution in [0.15, 0.2) is 93.6 Å². The van der Waals surface area contributed by atoms with Crippen molar-refractivity contribution in [2.45, 2.75) is 59.5 Å². The number of hydrogen-bond acceptors (Lipinski definition) is 6. The van der Waals surface area contributed by atoms with Crippen molar-refractivity contribution in [2.75, 3.05) is 18.1 Å². The molecule has 0 radical (unpaired) electrons. The van der Waals surface area contributed by atoms with Crippen LogP contribution in [0.2, 0.25) is 0 Å². The molecule has 2 aromatic heterocycles. The zero-order chi connectivity index (χ0) is 32.4. The van der Waals surface area contributed by atoms with Crippen LogP contribution in [-0.4, -0.2) is 17.7 Å². The molecule has 0 saturated heterocycles. The number of ether oxygens (including phenoxy) is 1. The maximum atomic E-state index is 13.9. The summed E-state index contributed by atoms with van der Waals surface area (Å²) in [5.74, 6) is 0.926. The molecular formula is C38H40N3O2S3+. The summed E-state index contributed by atoms with van der Waals surface area (Å²) in [7, 11) is 0. The highest BCUT2D eigenvalue weighted by Crippen LogP contribution is 2.48. The van der Waals surface area contributed by atoms with Gasteiger partial charge in [-0.3, -0.25) is 9.36 Å². The van der Waals surface area contributed by atoms with Gasteiger partial charge in [-0.15, -0.1) is 11.3 Å². The zero-order valence-corrected chi connectivity index (χ0v) is 29.7. The van der Waals surface area contributed by atoms with Crippen LogP contribution in [0, 0.1) is 6.92 Å². The Balaban J connectivity index is 1.49. The van der Waals surface area contributed by atoms with Crippen LogP contribution in [0.3, 0.4) is 0 Å². The van der Waals surface area contributed by atoms with Crippen LogP contribution < -0.4 is 29.0 Å². The molecule has 8 heteroatoms. The molecule has 0 spiro atoms. The lowest BCUT2D eigenvalue weighted by Crippen LogP contribution is -2.37.